The van der Waals surface area contributed by atoms with Crippen LogP contribution in [0.15, 0.2) is 18.3 Å². The molecule has 1 saturated heterocycles. The molecule has 0 atom stereocenters. The van der Waals surface area contributed by atoms with Crippen molar-refractivity contribution in [2.45, 2.75) is 19.9 Å². The summed E-state index contributed by atoms with van der Waals surface area (Å²) in [7, 11) is 0. The van der Waals surface area contributed by atoms with E-state index in [1.165, 1.54) is 0 Å². The van der Waals surface area contributed by atoms with Gasteiger partial charge in [0.15, 0.2) is 0 Å². The van der Waals surface area contributed by atoms with Gasteiger partial charge >= 0.3 is 5.97 Å². The number of anilines is 1. The van der Waals surface area contributed by atoms with Gasteiger partial charge in [-0.3, -0.25) is 4.90 Å². The number of aromatic amines is 1. The molecule has 2 aromatic rings. The van der Waals surface area contributed by atoms with E-state index in [4.69, 9.17) is 5.11 Å². The summed E-state index contributed by atoms with van der Waals surface area (Å²) in [5, 5.41) is 9.91. The highest BCUT2D eigenvalue weighted by Crippen LogP contribution is 2.21. The Bertz CT molecular complexity index is 657. The Morgan fingerprint density at radius 1 is 1.29 bits per heavy atom. The zero-order chi connectivity index (χ0) is 15.0. The van der Waals surface area contributed by atoms with Gasteiger partial charge in [0.25, 0.3) is 0 Å². The lowest BCUT2D eigenvalue weighted by Crippen LogP contribution is -2.49. The van der Waals surface area contributed by atoms with E-state index in [-0.39, 0.29) is 5.69 Å². The number of carbonyl (C=O) groups is 1. The fraction of sp³-hybridized carbons (Fsp3) is 0.467. The minimum Gasteiger partial charge on any atom is -0.477 e. The van der Waals surface area contributed by atoms with Crippen LogP contribution in [-0.4, -0.2) is 58.2 Å². The zero-order valence-electron chi connectivity index (χ0n) is 12.3. The molecule has 1 fully saturated rings. The number of aromatic carboxylic acids is 1. The number of carboxylic acid groups (broad SMARTS) is 1. The molecule has 1 aliphatic heterocycles. The van der Waals surface area contributed by atoms with Gasteiger partial charge in [-0.2, -0.15) is 0 Å². The summed E-state index contributed by atoms with van der Waals surface area (Å²) in [4.78, 5) is 23.0. The number of rotatable bonds is 3. The SMILES string of the molecule is CC(C)N1CCN(c2cc3cc(C(=O)O)[nH]c3cn2)CC1. The van der Waals surface area contributed by atoms with Crippen LogP contribution in [0.25, 0.3) is 10.9 Å². The largest absolute Gasteiger partial charge is 0.477 e. The molecular weight excluding hydrogens is 268 g/mol. The molecule has 21 heavy (non-hydrogen) atoms. The van der Waals surface area contributed by atoms with Crippen LogP contribution < -0.4 is 4.90 Å². The Kier molecular flexibility index (Phi) is 3.55. The van der Waals surface area contributed by atoms with E-state index in [2.05, 4.69) is 33.6 Å². The first kappa shape index (κ1) is 13.9. The molecule has 6 heteroatoms. The van der Waals surface area contributed by atoms with E-state index in [9.17, 15) is 4.79 Å². The summed E-state index contributed by atoms with van der Waals surface area (Å²) in [5.41, 5.74) is 0.963. The lowest BCUT2D eigenvalue weighted by molar-refractivity contribution is 0.0691. The fourth-order valence-electron chi connectivity index (χ4n) is 2.78. The molecule has 0 unspecified atom stereocenters. The van der Waals surface area contributed by atoms with E-state index in [1.807, 2.05) is 6.07 Å². The molecule has 0 aliphatic carbocycles. The average molecular weight is 288 g/mol. The first-order valence-electron chi connectivity index (χ1n) is 7.25. The van der Waals surface area contributed by atoms with Crippen LogP contribution >= 0.6 is 0 Å². The summed E-state index contributed by atoms with van der Waals surface area (Å²) >= 11 is 0. The van der Waals surface area contributed by atoms with Crippen LogP contribution in [0.5, 0.6) is 0 Å². The van der Waals surface area contributed by atoms with Gasteiger partial charge in [-0.25, -0.2) is 9.78 Å². The van der Waals surface area contributed by atoms with Gasteiger partial charge in [-0.15, -0.1) is 0 Å². The van der Waals surface area contributed by atoms with Gasteiger partial charge in [0.1, 0.15) is 11.5 Å². The number of nitrogens with zero attached hydrogens (tertiary/aromatic N) is 3. The Balaban J connectivity index is 1.80. The number of aromatic nitrogens is 2. The van der Waals surface area contributed by atoms with Gasteiger partial charge in [-0.05, 0) is 26.0 Å². The Morgan fingerprint density at radius 2 is 2.00 bits per heavy atom. The van der Waals surface area contributed by atoms with Crippen LogP contribution in [0.1, 0.15) is 24.3 Å². The van der Waals surface area contributed by atoms with E-state index < -0.39 is 5.97 Å². The average Bonchev–Trinajstić information content (AvgIpc) is 2.90. The van der Waals surface area contributed by atoms with Gasteiger partial charge in [0.05, 0.1) is 11.7 Å². The minimum absolute atomic E-state index is 0.202. The molecule has 2 aromatic heterocycles. The summed E-state index contributed by atoms with van der Waals surface area (Å²) in [6.45, 7) is 8.40. The van der Waals surface area contributed by atoms with Crippen molar-refractivity contribution in [1.29, 1.82) is 0 Å². The maximum atomic E-state index is 11.0. The van der Waals surface area contributed by atoms with E-state index in [0.717, 1.165) is 42.9 Å². The third kappa shape index (κ3) is 2.71. The smallest absolute Gasteiger partial charge is 0.352 e. The number of nitrogens with one attached hydrogen (secondary N) is 1. The van der Waals surface area contributed by atoms with Crippen molar-refractivity contribution in [2.75, 3.05) is 31.1 Å². The number of H-pyrrole nitrogens is 1. The van der Waals surface area contributed by atoms with Crippen molar-refractivity contribution in [3.63, 3.8) is 0 Å². The molecule has 0 amide bonds. The van der Waals surface area contributed by atoms with Crippen molar-refractivity contribution >= 4 is 22.7 Å². The van der Waals surface area contributed by atoms with Crippen molar-refractivity contribution in [2.24, 2.45) is 0 Å². The predicted octanol–water partition coefficient (Wildman–Crippen LogP) is 1.79. The molecule has 0 spiro atoms. The Labute approximate surface area is 123 Å². The first-order chi connectivity index (χ1) is 10.0. The summed E-state index contributed by atoms with van der Waals surface area (Å²) in [6, 6.07) is 4.20. The second-order valence-electron chi connectivity index (χ2n) is 5.73. The predicted molar refractivity (Wildman–Crippen MR) is 82.0 cm³/mol. The van der Waals surface area contributed by atoms with E-state index >= 15 is 0 Å². The van der Waals surface area contributed by atoms with Gasteiger partial charge in [-0.1, -0.05) is 0 Å². The second-order valence-corrected chi connectivity index (χ2v) is 5.73. The molecule has 3 rings (SSSR count). The molecule has 0 saturated carbocycles. The van der Waals surface area contributed by atoms with Crippen LogP contribution in [0.2, 0.25) is 0 Å². The standard InChI is InChI=1S/C15H20N4O2/c1-10(2)18-3-5-19(6-4-18)14-8-11-7-12(15(20)21)17-13(11)9-16-14/h7-10,17H,3-6H2,1-2H3,(H,20,21). The highest BCUT2D eigenvalue weighted by Gasteiger charge is 2.20. The molecular formula is C15H20N4O2. The molecule has 1 aliphatic rings. The van der Waals surface area contributed by atoms with E-state index in [1.54, 1.807) is 12.3 Å². The topological polar surface area (TPSA) is 72.5 Å². The highest BCUT2D eigenvalue weighted by molar-refractivity contribution is 5.94. The second kappa shape index (κ2) is 5.37. The van der Waals surface area contributed by atoms with Crippen molar-refractivity contribution < 1.29 is 9.90 Å². The maximum absolute atomic E-state index is 11.0. The van der Waals surface area contributed by atoms with Gasteiger partial charge < -0.3 is 15.0 Å². The van der Waals surface area contributed by atoms with Gasteiger partial charge in [0, 0.05) is 37.6 Å². The van der Waals surface area contributed by atoms with E-state index in [0.29, 0.717) is 6.04 Å². The van der Waals surface area contributed by atoms with Gasteiger partial charge in [0.2, 0.25) is 0 Å². The lowest BCUT2D eigenvalue weighted by Gasteiger charge is -2.37. The Morgan fingerprint density at radius 3 is 2.62 bits per heavy atom. The molecule has 0 aromatic carbocycles. The maximum Gasteiger partial charge on any atom is 0.352 e. The van der Waals surface area contributed by atoms with Crippen molar-refractivity contribution in [3.8, 4) is 0 Å². The third-order valence-electron chi connectivity index (χ3n) is 4.09. The molecule has 112 valence electrons. The minimum atomic E-state index is -0.946. The van der Waals surface area contributed by atoms with Crippen LogP contribution in [-0.2, 0) is 0 Å². The Hall–Kier alpha value is -2.08. The molecule has 2 N–H and O–H groups in total. The number of carboxylic acids is 1. The van der Waals surface area contributed by atoms with Crippen LogP contribution in [0, 0.1) is 0 Å². The number of pyridine rings is 1. The highest BCUT2D eigenvalue weighted by atomic mass is 16.4. The summed E-state index contributed by atoms with van der Waals surface area (Å²) in [6.07, 6.45) is 1.71. The quantitative estimate of drug-likeness (QED) is 0.901. The van der Waals surface area contributed by atoms with Crippen molar-refractivity contribution in [1.82, 2.24) is 14.9 Å². The summed E-state index contributed by atoms with van der Waals surface area (Å²) < 4.78 is 0. The van der Waals surface area contributed by atoms with Crippen LogP contribution in [0.4, 0.5) is 5.82 Å². The number of fused-ring (bicyclic) bond motifs is 1. The molecule has 6 nitrogen and oxygen atoms in total. The van der Waals surface area contributed by atoms with Crippen molar-refractivity contribution in [3.05, 3.63) is 24.0 Å². The summed E-state index contributed by atoms with van der Waals surface area (Å²) in [5.74, 6) is -0.0276. The molecule has 0 bridgehead atoms. The fourth-order valence-corrected chi connectivity index (χ4v) is 2.78. The monoisotopic (exact) mass is 288 g/mol. The lowest BCUT2D eigenvalue weighted by atomic mass is 10.2. The van der Waals surface area contributed by atoms with Crippen LogP contribution in [0.3, 0.4) is 0 Å². The first-order valence-corrected chi connectivity index (χ1v) is 7.25. The number of hydrogen-bond donors (Lipinski definition) is 2. The number of piperazine rings is 1. The normalized spacial score (nSPS) is 16.8. The third-order valence-corrected chi connectivity index (χ3v) is 4.09. The zero-order valence-corrected chi connectivity index (χ0v) is 12.3. The number of hydrogen-bond acceptors (Lipinski definition) is 4. The molecule has 3 heterocycles. The molecule has 0 radical (unpaired) electrons.